The van der Waals surface area contributed by atoms with E-state index < -0.39 is 0 Å². The first-order chi connectivity index (χ1) is 4.83. The van der Waals surface area contributed by atoms with Gasteiger partial charge in [-0.3, -0.25) is 11.3 Å². The maximum atomic E-state index is 5.18. The van der Waals surface area contributed by atoms with Gasteiger partial charge in [0.25, 0.3) is 0 Å². The lowest BCUT2D eigenvalue weighted by Crippen LogP contribution is -2.44. The van der Waals surface area contributed by atoms with Crippen molar-refractivity contribution in [3.05, 3.63) is 0 Å². The minimum atomic E-state index is 0.451. The van der Waals surface area contributed by atoms with Crippen LogP contribution < -0.4 is 11.3 Å². The topological polar surface area (TPSA) is 47.3 Å². The SMILES string of the molecule is CCC1(CCNN)COC1. The third-order valence-corrected chi connectivity index (χ3v) is 2.37. The molecule has 1 aliphatic rings. The van der Waals surface area contributed by atoms with Crippen molar-refractivity contribution in [1.29, 1.82) is 0 Å². The molecule has 1 heterocycles. The molecule has 0 amide bonds. The monoisotopic (exact) mass is 144 g/mol. The summed E-state index contributed by atoms with van der Waals surface area (Å²) in [4.78, 5) is 0. The Kier molecular flexibility index (Phi) is 2.65. The van der Waals surface area contributed by atoms with Gasteiger partial charge < -0.3 is 4.74 Å². The van der Waals surface area contributed by atoms with E-state index in [4.69, 9.17) is 10.6 Å². The summed E-state index contributed by atoms with van der Waals surface area (Å²) < 4.78 is 5.16. The molecule has 0 aromatic heterocycles. The molecule has 0 saturated carbocycles. The lowest BCUT2D eigenvalue weighted by Gasteiger charge is -2.40. The molecule has 0 unspecified atom stereocenters. The Morgan fingerprint density at radius 3 is 2.60 bits per heavy atom. The predicted molar refractivity (Wildman–Crippen MR) is 40.4 cm³/mol. The summed E-state index contributed by atoms with van der Waals surface area (Å²) in [7, 11) is 0. The fourth-order valence-corrected chi connectivity index (χ4v) is 1.25. The first-order valence-corrected chi connectivity index (χ1v) is 3.84. The van der Waals surface area contributed by atoms with E-state index in [0.717, 1.165) is 26.2 Å². The Balaban J connectivity index is 2.20. The van der Waals surface area contributed by atoms with Gasteiger partial charge in [-0.1, -0.05) is 6.92 Å². The summed E-state index contributed by atoms with van der Waals surface area (Å²) >= 11 is 0. The lowest BCUT2D eigenvalue weighted by atomic mass is 9.80. The molecule has 0 radical (unpaired) electrons. The van der Waals surface area contributed by atoms with Gasteiger partial charge >= 0.3 is 0 Å². The van der Waals surface area contributed by atoms with E-state index in [1.807, 2.05) is 0 Å². The van der Waals surface area contributed by atoms with E-state index in [1.165, 1.54) is 6.42 Å². The van der Waals surface area contributed by atoms with E-state index in [2.05, 4.69) is 12.3 Å². The highest BCUT2D eigenvalue weighted by Crippen LogP contribution is 2.34. The molecule has 0 bridgehead atoms. The molecule has 1 fully saturated rings. The highest BCUT2D eigenvalue weighted by atomic mass is 16.5. The lowest BCUT2D eigenvalue weighted by molar-refractivity contribution is -0.118. The molecule has 10 heavy (non-hydrogen) atoms. The van der Waals surface area contributed by atoms with E-state index in [1.54, 1.807) is 0 Å². The summed E-state index contributed by atoms with van der Waals surface area (Å²) in [5.74, 6) is 5.18. The van der Waals surface area contributed by atoms with Crippen LogP contribution in [0.1, 0.15) is 19.8 Å². The Morgan fingerprint density at radius 1 is 1.60 bits per heavy atom. The zero-order chi connectivity index (χ0) is 7.45. The molecule has 0 aliphatic carbocycles. The highest BCUT2D eigenvalue weighted by Gasteiger charge is 2.35. The van der Waals surface area contributed by atoms with Gasteiger partial charge in [0.15, 0.2) is 0 Å². The average Bonchev–Trinajstić information content (AvgIpc) is 1.87. The van der Waals surface area contributed by atoms with Crippen LogP contribution in [-0.2, 0) is 4.74 Å². The quantitative estimate of drug-likeness (QED) is 0.439. The number of hydrogen-bond donors (Lipinski definition) is 2. The van der Waals surface area contributed by atoms with Gasteiger partial charge in [-0.05, 0) is 12.8 Å². The normalized spacial score (nSPS) is 22.2. The number of hydrazine groups is 1. The van der Waals surface area contributed by atoms with Crippen LogP contribution in [0.3, 0.4) is 0 Å². The second kappa shape index (κ2) is 3.32. The first-order valence-electron chi connectivity index (χ1n) is 3.84. The first kappa shape index (κ1) is 7.98. The minimum absolute atomic E-state index is 0.451. The second-order valence-corrected chi connectivity index (χ2v) is 3.05. The molecule has 0 aromatic rings. The number of nitrogens with one attached hydrogen (secondary N) is 1. The van der Waals surface area contributed by atoms with Gasteiger partial charge in [0.2, 0.25) is 0 Å². The molecule has 0 atom stereocenters. The largest absolute Gasteiger partial charge is 0.380 e. The highest BCUT2D eigenvalue weighted by molar-refractivity contribution is 4.84. The van der Waals surface area contributed by atoms with Crippen LogP contribution in [0, 0.1) is 5.41 Å². The summed E-state index contributed by atoms with van der Waals surface area (Å²) in [6.45, 7) is 4.95. The van der Waals surface area contributed by atoms with Crippen molar-refractivity contribution < 1.29 is 4.74 Å². The van der Waals surface area contributed by atoms with E-state index in [0.29, 0.717) is 5.41 Å². The maximum Gasteiger partial charge on any atom is 0.0545 e. The standard InChI is InChI=1S/C7H16N2O/c1-2-7(3-4-9-8)5-10-6-7/h9H,2-6,8H2,1H3. The zero-order valence-corrected chi connectivity index (χ0v) is 6.52. The Hall–Kier alpha value is -0.120. The molecule has 60 valence electrons. The van der Waals surface area contributed by atoms with Crippen molar-refractivity contribution >= 4 is 0 Å². The smallest absolute Gasteiger partial charge is 0.0545 e. The molecule has 3 N–H and O–H groups in total. The van der Waals surface area contributed by atoms with E-state index in [9.17, 15) is 0 Å². The van der Waals surface area contributed by atoms with Crippen LogP contribution in [0.15, 0.2) is 0 Å². The number of ether oxygens (including phenoxy) is 1. The molecule has 1 saturated heterocycles. The summed E-state index contributed by atoms with van der Waals surface area (Å²) in [5.41, 5.74) is 3.12. The van der Waals surface area contributed by atoms with Crippen molar-refractivity contribution in [2.75, 3.05) is 19.8 Å². The average molecular weight is 144 g/mol. The maximum absolute atomic E-state index is 5.18. The predicted octanol–water partition coefficient (Wildman–Crippen LogP) is 0.266. The van der Waals surface area contributed by atoms with Crippen LogP contribution in [0.25, 0.3) is 0 Å². The van der Waals surface area contributed by atoms with E-state index >= 15 is 0 Å². The number of hydrogen-bond acceptors (Lipinski definition) is 3. The third-order valence-electron chi connectivity index (χ3n) is 2.37. The third kappa shape index (κ3) is 1.48. The summed E-state index contributed by atoms with van der Waals surface area (Å²) in [6.07, 6.45) is 2.34. The Morgan fingerprint density at radius 2 is 2.30 bits per heavy atom. The fraction of sp³-hybridized carbons (Fsp3) is 1.00. The van der Waals surface area contributed by atoms with Crippen molar-refractivity contribution in [2.45, 2.75) is 19.8 Å². The molecule has 1 aliphatic heterocycles. The molecule has 0 aromatic carbocycles. The van der Waals surface area contributed by atoms with Crippen LogP contribution in [0.4, 0.5) is 0 Å². The summed E-state index contributed by atoms with van der Waals surface area (Å²) in [6, 6.07) is 0. The zero-order valence-electron chi connectivity index (χ0n) is 6.52. The van der Waals surface area contributed by atoms with Gasteiger partial charge in [-0.15, -0.1) is 0 Å². The molecule has 3 heteroatoms. The summed E-state index contributed by atoms with van der Waals surface area (Å²) in [5, 5.41) is 0. The van der Waals surface area contributed by atoms with Crippen LogP contribution in [0.5, 0.6) is 0 Å². The number of nitrogens with two attached hydrogens (primary N) is 1. The van der Waals surface area contributed by atoms with Crippen molar-refractivity contribution in [3.63, 3.8) is 0 Å². The molecule has 3 nitrogen and oxygen atoms in total. The van der Waals surface area contributed by atoms with Gasteiger partial charge in [0.05, 0.1) is 13.2 Å². The van der Waals surface area contributed by atoms with Crippen molar-refractivity contribution in [2.24, 2.45) is 11.3 Å². The minimum Gasteiger partial charge on any atom is -0.380 e. The number of rotatable bonds is 4. The van der Waals surface area contributed by atoms with Crippen LogP contribution in [0.2, 0.25) is 0 Å². The van der Waals surface area contributed by atoms with Gasteiger partial charge in [-0.2, -0.15) is 0 Å². The van der Waals surface area contributed by atoms with Crippen molar-refractivity contribution in [1.82, 2.24) is 5.43 Å². The van der Waals surface area contributed by atoms with Gasteiger partial charge in [0, 0.05) is 12.0 Å². The second-order valence-electron chi connectivity index (χ2n) is 3.05. The van der Waals surface area contributed by atoms with Crippen LogP contribution >= 0.6 is 0 Å². The fourth-order valence-electron chi connectivity index (χ4n) is 1.25. The molecular formula is C7H16N2O. The Labute approximate surface area is 61.9 Å². The molecule has 1 rings (SSSR count). The van der Waals surface area contributed by atoms with Gasteiger partial charge in [0.1, 0.15) is 0 Å². The molecular weight excluding hydrogens is 128 g/mol. The van der Waals surface area contributed by atoms with Gasteiger partial charge in [-0.25, -0.2) is 0 Å². The van der Waals surface area contributed by atoms with Crippen molar-refractivity contribution in [3.8, 4) is 0 Å². The van der Waals surface area contributed by atoms with E-state index in [-0.39, 0.29) is 0 Å². The Bertz CT molecular complexity index is 96.3. The molecule has 0 spiro atoms. The van der Waals surface area contributed by atoms with Crippen LogP contribution in [-0.4, -0.2) is 19.8 Å².